The monoisotopic (exact) mass is 587 g/mol. The van der Waals surface area contributed by atoms with Crippen molar-refractivity contribution in [1.82, 2.24) is 10.2 Å². The van der Waals surface area contributed by atoms with E-state index in [4.69, 9.17) is 11.6 Å². The van der Waals surface area contributed by atoms with E-state index < -0.39 is 40.2 Å². The molecule has 3 aromatic rings. The summed E-state index contributed by atoms with van der Waals surface area (Å²) in [6.45, 7) is 5.11. The van der Waals surface area contributed by atoms with Crippen molar-refractivity contribution in [2.75, 3.05) is 23.7 Å². The summed E-state index contributed by atoms with van der Waals surface area (Å²) in [5, 5.41) is 3.24. The smallest absolute Gasteiger partial charge is 0.244 e. The summed E-state index contributed by atoms with van der Waals surface area (Å²) in [5.41, 5.74) is 1.73. The molecule has 0 aliphatic carbocycles. The van der Waals surface area contributed by atoms with Gasteiger partial charge in [-0.25, -0.2) is 12.8 Å². The zero-order valence-electron chi connectivity index (χ0n) is 23.1. The summed E-state index contributed by atoms with van der Waals surface area (Å²) in [4.78, 5) is 28.9. The van der Waals surface area contributed by atoms with Gasteiger partial charge in [0.05, 0.1) is 11.9 Å². The first-order valence-electron chi connectivity index (χ1n) is 13.0. The highest BCUT2D eigenvalue weighted by molar-refractivity contribution is 7.92. The molecule has 1 atom stereocenters. The molecule has 214 valence electrons. The standard InChI is InChI=1S/C30H35ClFN3O4S/c1-21(2)18-33-30(37)28(17-23-11-6-5-7-12-23)34(19-24-13-8-9-15-26(24)32)29(36)20-35(40(4,38)39)27-16-10-14-25(31)22(27)3/h5-16,21,28H,17-20H2,1-4H3,(H,33,37). The number of hydrogen-bond acceptors (Lipinski definition) is 4. The van der Waals surface area contributed by atoms with Gasteiger partial charge in [-0.15, -0.1) is 0 Å². The van der Waals surface area contributed by atoms with Gasteiger partial charge in [0.1, 0.15) is 18.4 Å². The number of sulfonamides is 1. The lowest BCUT2D eigenvalue weighted by atomic mass is 10.0. The molecular weight excluding hydrogens is 553 g/mol. The molecule has 40 heavy (non-hydrogen) atoms. The van der Waals surface area contributed by atoms with Crippen LogP contribution < -0.4 is 9.62 Å². The van der Waals surface area contributed by atoms with Crippen LogP contribution in [0.4, 0.5) is 10.1 Å². The van der Waals surface area contributed by atoms with E-state index in [-0.39, 0.29) is 30.1 Å². The van der Waals surface area contributed by atoms with Gasteiger partial charge in [0.25, 0.3) is 0 Å². The second-order valence-electron chi connectivity index (χ2n) is 10.1. The highest BCUT2D eigenvalue weighted by Gasteiger charge is 2.34. The number of nitrogens with one attached hydrogen (secondary N) is 1. The summed E-state index contributed by atoms with van der Waals surface area (Å²) in [6, 6.07) is 18.9. The predicted molar refractivity (Wildman–Crippen MR) is 157 cm³/mol. The zero-order chi connectivity index (χ0) is 29.4. The van der Waals surface area contributed by atoms with Gasteiger partial charge in [0.15, 0.2) is 0 Å². The number of nitrogens with zero attached hydrogens (tertiary/aromatic N) is 2. The molecule has 0 aromatic heterocycles. The molecule has 3 rings (SSSR count). The fraction of sp³-hybridized carbons (Fsp3) is 0.333. The summed E-state index contributed by atoms with van der Waals surface area (Å²) in [6.07, 6.45) is 1.15. The molecule has 0 aliphatic rings. The number of amides is 2. The average molecular weight is 588 g/mol. The Morgan fingerprint density at radius 3 is 2.25 bits per heavy atom. The Morgan fingerprint density at radius 2 is 1.62 bits per heavy atom. The van der Waals surface area contributed by atoms with Crippen molar-refractivity contribution in [3.63, 3.8) is 0 Å². The van der Waals surface area contributed by atoms with Gasteiger partial charge in [0.2, 0.25) is 21.8 Å². The molecule has 0 spiro atoms. The Kier molecular flexibility index (Phi) is 10.7. The Balaban J connectivity index is 2.08. The molecule has 0 fully saturated rings. The molecule has 0 aliphatic heterocycles. The Labute approximate surface area is 241 Å². The molecule has 1 unspecified atom stereocenters. The van der Waals surface area contributed by atoms with Crippen molar-refractivity contribution >= 4 is 39.1 Å². The number of hydrogen-bond donors (Lipinski definition) is 1. The summed E-state index contributed by atoms with van der Waals surface area (Å²) in [5.74, 6) is -1.45. The van der Waals surface area contributed by atoms with Crippen LogP contribution in [0.1, 0.15) is 30.5 Å². The highest BCUT2D eigenvalue weighted by atomic mass is 35.5. The molecule has 10 heteroatoms. The molecule has 2 amide bonds. The molecule has 0 heterocycles. The number of anilines is 1. The van der Waals surface area contributed by atoms with Crippen LogP contribution in [0.5, 0.6) is 0 Å². The fourth-order valence-electron chi connectivity index (χ4n) is 4.25. The first-order chi connectivity index (χ1) is 18.9. The summed E-state index contributed by atoms with van der Waals surface area (Å²) in [7, 11) is -3.94. The van der Waals surface area contributed by atoms with Crippen LogP contribution in [0, 0.1) is 18.7 Å². The van der Waals surface area contributed by atoms with Gasteiger partial charge in [-0.05, 0) is 42.2 Å². The summed E-state index contributed by atoms with van der Waals surface area (Å²) < 4.78 is 41.6. The fourth-order valence-corrected chi connectivity index (χ4v) is 5.32. The molecule has 0 bridgehead atoms. The minimum Gasteiger partial charge on any atom is -0.354 e. The van der Waals surface area contributed by atoms with Crippen molar-refractivity contribution in [1.29, 1.82) is 0 Å². The van der Waals surface area contributed by atoms with E-state index in [1.54, 1.807) is 31.2 Å². The lowest BCUT2D eigenvalue weighted by Crippen LogP contribution is -2.53. The molecule has 0 saturated heterocycles. The highest BCUT2D eigenvalue weighted by Crippen LogP contribution is 2.28. The van der Waals surface area contributed by atoms with Crippen LogP contribution in [0.3, 0.4) is 0 Å². The Morgan fingerprint density at radius 1 is 0.975 bits per heavy atom. The lowest BCUT2D eigenvalue weighted by Gasteiger charge is -2.34. The topological polar surface area (TPSA) is 86.8 Å². The number of carbonyl (C=O) groups excluding carboxylic acids is 2. The maximum Gasteiger partial charge on any atom is 0.244 e. The van der Waals surface area contributed by atoms with Crippen LogP contribution in [0.2, 0.25) is 5.02 Å². The normalized spacial score (nSPS) is 12.2. The molecule has 1 N–H and O–H groups in total. The molecule has 0 radical (unpaired) electrons. The van der Waals surface area contributed by atoms with E-state index in [9.17, 15) is 22.4 Å². The van der Waals surface area contributed by atoms with Crippen molar-refractivity contribution in [3.8, 4) is 0 Å². The van der Waals surface area contributed by atoms with E-state index >= 15 is 0 Å². The molecular formula is C30H35ClFN3O4S. The van der Waals surface area contributed by atoms with Gasteiger partial charge in [0, 0.05) is 30.1 Å². The second-order valence-corrected chi connectivity index (χ2v) is 12.4. The summed E-state index contributed by atoms with van der Waals surface area (Å²) >= 11 is 6.26. The van der Waals surface area contributed by atoms with E-state index in [1.165, 1.54) is 23.1 Å². The van der Waals surface area contributed by atoms with Crippen LogP contribution in [-0.2, 0) is 32.6 Å². The van der Waals surface area contributed by atoms with Crippen LogP contribution in [0.25, 0.3) is 0 Å². The van der Waals surface area contributed by atoms with Crippen molar-refractivity contribution in [3.05, 3.63) is 100 Å². The van der Waals surface area contributed by atoms with E-state index in [2.05, 4.69) is 5.32 Å². The van der Waals surface area contributed by atoms with Gasteiger partial charge >= 0.3 is 0 Å². The third-order valence-corrected chi connectivity index (χ3v) is 7.98. The Hall–Kier alpha value is -3.43. The lowest BCUT2D eigenvalue weighted by molar-refractivity contribution is -0.140. The van der Waals surface area contributed by atoms with Gasteiger partial charge < -0.3 is 10.2 Å². The van der Waals surface area contributed by atoms with E-state index in [0.717, 1.165) is 16.1 Å². The molecule has 3 aromatic carbocycles. The third kappa shape index (κ3) is 8.29. The quantitative estimate of drug-likeness (QED) is 0.324. The SMILES string of the molecule is Cc1c(Cl)cccc1N(CC(=O)N(Cc1ccccc1F)C(Cc1ccccc1)C(=O)NCC(C)C)S(C)(=O)=O. The Bertz CT molecular complexity index is 1430. The average Bonchev–Trinajstić information content (AvgIpc) is 2.90. The molecule has 7 nitrogen and oxygen atoms in total. The molecule has 0 saturated carbocycles. The maximum atomic E-state index is 14.8. The van der Waals surface area contributed by atoms with Crippen molar-refractivity contribution in [2.24, 2.45) is 5.92 Å². The van der Waals surface area contributed by atoms with E-state index in [0.29, 0.717) is 17.1 Å². The van der Waals surface area contributed by atoms with Crippen molar-refractivity contribution in [2.45, 2.75) is 39.8 Å². The number of halogens is 2. The van der Waals surface area contributed by atoms with Gasteiger partial charge in [-0.1, -0.05) is 80.0 Å². The zero-order valence-corrected chi connectivity index (χ0v) is 24.7. The van der Waals surface area contributed by atoms with Crippen LogP contribution >= 0.6 is 11.6 Å². The van der Waals surface area contributed by atoms with Gasteiger partial charge in [-0.3, -0.25) is 13.9 Å². The van der Waals surface area contributed by atoms with Crippen LogP contribution in [-0.4, -0.2) is 50.5 Å². The second kappa shape index (κ2) is 13.8. The third-order valence-electron chi connectivity index (χ3n) is 6.44. The predicted octanol–water partition coefficient (Wildman–Crippen LogP) is 4.97. The first kappa shape index (κ1) is 31.1. The minimum absolute atomic E-state index is 0.153. The number of benzene rings is 3. The van der Waals surface area contributed by atoms with E-state index in [1.807, 2.05) is 44.2 Å². The number of rotatable bonds is 12. The first-order valence-corrected chi connectivity index (χ1v) is 15.2. The largest absolute Gasteiger partial charge is 0.354 e. The van der Waals surface area contributed by atoms with Crippen LogP contribution in [0.15, 0.2) is 72.8 Å². The number of carbonyl (C=O) groups is 2. The van der Waals surface area contributed by atoms with Crippen molar-refractivity contribution < 1.29 is 22.4 Å². The minimum atomic E-state index is -3.94. The maximum absolute atomic E-state index is 14.8. The van der Waals surface area contributed by atoms with Gasteiger partial charge in [-0.2, -0.15) is 0 Å².